The van der Waals surface area contributed by atoms with Crippen LogP contribution in [0, 0.1) is 3.57 Å². The van der Waals surface area contributed by atoms with Gasteiger partial charge >= 0.3 is 0 Å². The lowest BCUT2D eigenvalue weighted by Gasteiger charge is -2.33. The number of halogens is 3. The molecule has 196 valence electrons. The van der Waals surface area contributed by atoms with Gasteiger partial charge in [0.05, 0.1) is 10.6 Å². The number of rotatable bonds is 10. The minimum Gasteiger partial charge on any atom is -0.357 e. The van der Waals surface area contributed by atoms with E-state index in [1.165, 1.54) is 24.1 Å². The smallest absolute Gasteiger partial charge is 0.264 e. The molecule has 0 radical (unpaired) electrons. The molecule has 37 heavy (non-hydrogen) atoms. The highest BCUT2D eigenvalue weighted by atomic mass is 127. The second kappa shape index (κ2) is 12.9. The number of carbonyl (C=O) groups excluding carboxylic acids is 2. The number of hydrogen-bond acceptors (Lipinski definition) is 4. The van der Waals surface area contributed by atoms with Crippen LogP contribution in [0.5, 0.6) is 0 Å². The zero-order chi connectivity index (χ0) is 27.2. The number of nitrogens with one attached hydrogen (secondary N) is 1. The Bertz CT molecular complexity index is 1360. The number of sulfonamides is 1. The molecule has 0 aromatic heterocycles. The molecule has 0 aliphatic carbocycles. The third kappa shape index (κ3) is 7.16. The average molecular weight is 674 g/mol. The summed E-state index contributed by atoms with van der Waals surface area (Å²) in [5, 5.41) is 3.36. The maximum absolute atomic E-state index is 13.8. The Labute approximate surface area is 240 Å². The predicted molar refractivity (Wildman–Crippen MR) is 155 cm³/mol. The number of likely N-dealkylation sites (N-methyl/N-ethyl adjacent to an activating group) is 1. The first-order chi connectivity index (χ1) is 17.6. The number of benzene rings is 3. The minimum absolute atomic E-state index is 0.00727. The average Bonchev–Trinajstić information content (AvgIpc) is 2.89. The molecular formula is C26H26Cl2IN3O4S. The fourth-order valence-corrected chi connectivity index (χ4v) is 6.04. The van der Waals surface area contributed by atoms with Crippen molar-refractivity contribution in [3.05, 3.63) is 92.0 Å². The van der Waals surface area contributed by atoms with E-state index in [-0.39, 0.29) is 17.3 Å². The third-order valence-electron chi connectivity index (χ3n) is 5.71. The molecule has 11 heteroatoms. The second-order valence-corrected chi connectivity index (χ2v) is 12.0. The van der Waals surface area contributed by atoms with Crippen LogP contribution in [0.1, 0.15) is 18.9 Å². The van der Waals surface area contributed by atoms with Crippen LogP contribution in [0.3, 0.4) is 0 Å². The molecular weight excluding hydrogens is 648 g/mol. The molecule has 3 aromatic carbocycles. The number of carbonyl (C=O) groups is 2. The van der Waals surface area contributed by atoms with Gasteiger partial charge in [-0.3, -0.25) is 13.9 Å². The SMILES string of the molecule is CC[C@@H](C(=O)NC)N(Cc1ccc(Cl)cc1Cl)C(=O)CN(c1ccc(I)cc1)S(=O)(=O)c1ccccc1. The summed E-state index contributed by atoms with van der Waals surface area (Å²) in [6, 6.07) is 18.8. The van der Waals surface area contributed by atoms with Gasteiger partial charge in [0.25, 0.3) is 10.0 Å². The van der Waals surface area contributed by atoms with Gasteiger partial charge in [0, 0.05) is 27.2 Å². The summed E-state index contributed by atoms with van der Waals surface area (Å²) < 4.78 is 29.4. The van der Waals surface area contributed by atoms with Crippen molar-refractivity contribution < 1.29 is 18.0 Å². The van der Waals surface area contributed by atoms with Crippen LogP contribution in [-0.2, 0) is 26.2 Å². The monoisotopic (exact) mass is 673 g/mol. The van der Waals surface area contributed by atoms with Crippen molar-refractivity contribution in [2.75, 3.05) is 17.9 Å². The molecule has 0 fully saturated rings. The van der Waals surface area contributed by atoms with Gasteiger partial charge in [-0.15, -0.1) is 0 Å². The zero-order valence-corrected chi connectivity index (χ0v) is 24.7. The number of amides is 2. The molecule has 0 saturated heterocycles. The first-order valence-electron chi connectivity index (χ1n) is 11.4. The third-order valence-corrected chi connectivity index (χ3v) is 8.81. The quantitative estimate of drug-likeness (QED) is 0.294. The molecule has 3 aromatic rings. The summed E-state index contributed by atoms with van der Waals surface area (Å²) in [4.78, 5) is 28.0. The van der Waals surface area contributed by atoms with Gasteiger partial charge in [0.2, 0.25) is 11.8 Å². The van der Waals surface area contributed by atoms with Crippen molar-refractivity contribution >= 4 is 73.3 Å². The van der Waals surface area contributed by atoms with Gasteiger partial charge in [-0.25, -0.2) is 8.42 Å². The summed E-state index contributed by atoms with van der Waals surface area (Å²) in [6.07, 6.45) is 0.311. The number of hydrogen-bond donors (Lipinski definition) is 1. The van der Waals surface area contributed by atoms with E-state index >= 15 is 0 Å². The first-order valence-corrected chi connectivity index (χ1v) is 14.6. The topological polar surface area (TPSA) is 86.8 Å². The van der Waals surface area contributed by atoms with Crippen molar-refractivity contribution in [1.82, 2.24) is 10.2 Å². The molecule has 0 spiro atoms. The van der Waals surface area contributed by atoms with Crippen LogP contribution in [-0.4, -0.2) is 44.8 Å². The highest BCUT2D eigenvalue weighted by Crippen LogP contribution is 2.27. The highest BCUT2D eigenvalue weighted by molar-refractivity contribution is 14.1. The van der Waals surface area contributed by atoms with E-state index in [1.807, 2.05) is 0 Å². The summed E-state index contributed by atoms with van der Waals surface area (Å²) in [5.74, 6) is -0.924. The summed E-state index contributed by atoms with van der Waals surface area (Å²) in [7, 11) is -2.61. The minimum atomic E-state index is -4.10. The Hall–Kier alpha value is -2.34. The Balaban J connectivity index is 2.06. The molecule has 0 unspecified atom stereocenters. The molecule has 0 aliphatic heterocycles. The van der Waals surface area contributed by atoms with Crippen molar-refractivity contribution in [2.45, 2.75) is 30.8 Å². The lowest BCUT2D eigenvalue weighted by Crippen LogP contribution is -2.51. The molecule has 1 N–H and O–H groups in total. The Morgan fingerprint density at radius 3 is 2.22 bits per heavy atom. The lowest BCUT2D eigenvalue weighted by atomic mass is 10.1. The molecule has 1 atom stereocenters. The van der Waals surface area contributed by atoms with Crippen LogP contribution in [0.4, 0.5) is 5.69 Å². The van der Waals surface area contributed by atoms with Crippen molar-refractivity contribution in [3.63, 3.8) is 0 Å². The van der Waals surface area contributed by atoms with Crippen molar-refractivity contribution in [2.24, 2.45) is 0 Å². The second-order valence-electron chi connectivity index (χ2n) is 8.10. The number of anilines is 1. The maximum Gasteiger partial charge on any atom is 0.264 e. The van der Waals surface area contributed by atoms with Gasteiger partial charge < -0.3 is 10.2 Å². The van der Waals surface area contributed by atoms with Crippen LogP contribution < -0.4 is 9.62 Å². The normalized spacial score (nSPS) is 12.0. The van der Waals surface area contributed by atoms with E-state index < -0.39 is 28.5 Å². The molecule has 0 saturated carbocycles. The van der Waals surface area contributed by atoms with Gasteiger partial charge in [-0.1, -0.05) is 54.4 Å². The van der Waals surface area contributed by atoms with Gasteiger partial charge in [0.15, 0.2) is 0 Å². The summed E-state index contributed by atoms with van der Waals surface area (Å²) >= 11 is 14.5. The maximum atomic E-state index is 13.8. The van der Waals surface area contributed by atoms with Crippen molar-refractivity contribution in [1.29, 1.82) is 0 Å². The lowest BCUT2D eigenvalue weighted by molar-refractivity contribution is -0.140. The fourth-order valence-electron chi connectivity index (χ4n) is 3.78. The van der Waals surface area contributed by atoms with E-state index in [4.69, 9.17) is 23.2 Å². The first kappa shape index (κ1) is 29.2. The van der Waals surface area contributed by atoms with Crippen molar-refractivity contribution in [3.8, 4) is 0 Å². The van der Waals surface area contributed by atoms with Crippen LogP contribution in [0.25, 0.3) is 0 Å². The van der Waals surface area contributed by atoms with E-state index in [0.717, 1.165) is 7.88 Å². The van der Waals surface area contributed by atoms with Gasteiger partial charge in [0.1, 0.15) is 12.6 Å². The Morgan fingerprint density at radius 2 is 1.65 bits per heavy atom. The van der Waals surface area contributed by atoms with E-state index in [0.29, 0.717) is 27.7 Å². The predicted octanol–water partition coefficient (Wildman–Crippen LogP) is 5.35. The molecule has 0 bridgehead atoms. The Kier molecular flexibility index (Phi) is 10.2. The molecule has 3 rings (SSSR count). The highest BCUT2D eigenvalue weighted by Gasteiger charge is 2.33. The Morgan fingerprint density at radius 1 is 1.00 bits per heavy atom. The van der Waals surface area contributed by atoms with E-state index in [2.05, 4.69) is 27.9 Å². The van der Waals surface area contributed by atoms with Crippen LogP contribution >= 0.6 is 45.8 Å². The van der Waals surface area contributed by atoms with Gasteiger partial charge in [-0.2, -0.15) is 0 Å². The van der Waals surface area contributed by atoms with E-state index in [1.54, 1.807) is 67.6 Å². The number of nitrogens with zero attached hydrogens (tertiary/aromatic N) is 2. The molecule has 2 amide bonds. The fraction of sp³-hybridized carbons (Fsp3) is 0.231. The standard InChI is InChI=1S/C26H26Cl2IN3O4S/c1-3-24(26(34)30-2)31(16-18-9-10-19(27)15-23(18)28)25(33)17-32(21-13-11-20(29)12-14-21)37(35,36)22-7-5-4-6-8-22/h4-15,24H,3,16-17H2,1-2H3,(H,30,34)/t24-/m0/s1. The summed E-state index contributed by atoms with van der Waals surface area (Å²) in [5.41, 5.74) is 0.906. The van der Waals surface area contributed by atoms with Gasteiger partial charge in [-0.05, 0) is 83.1 Å². The largest absolute Gasteiger partial charge is 0.357 e. The molecule has 0 heterocycles. The van der Waals surface area contributed by atoms with Crippen LogP contribution in [0.2, 0.25) is 10.0 Å². The zero-order valence-electron chi connectivity index (χ0n) is 20.2. The van der Waals surface area contributed by atoms with Crippen LogP contribution in [0.15, 0.2) is 77.7 Å². The molecule has 7 nitrogen and oxygen atoms in total. The molecule has 0 aliphatic rings. The summed E-state index contributed by atoms with van der Waals surface area (Å²) in [6.45, 7) is 1.25. The van der Waals surface area contributed by atoms with E-state index in [9.17, 15) is 18.0 Å².